The molecule has 0 amide bonds. The molecular formula is C20H27N3. The molecule has 3 rings (SSSR count). The average molecular weight is 309 g/mol. The minimum atomic E-state index is 0.814. The van der Waals surface area contributed by atoms with E-state index in [4.69, 9.17) is 0 Å². The van der Waals surface area contributed by atoms with E-state index in [2.05, 4.69) is 27.8 Å². The summed E-state index contributed by atoms with van der Waals surface area (Å²) in [7, 11) is 0. The zero-order valence-electron chi connectivity index (χ0n) is 14.0. The number of aromatic nitrogens is 1. The van der Waals surface area contributed by atoms with Gasteiger partial charge in [0.1, 0.15) is 11.8 Å². The monoisotopic (exact) mass is 309 g/mol. The Labute approximate surface area is 139 Å². The second kappa shape index (κ2) is 8.17. The lowest BCUT2D eigenvalue weighted by molar-refractivity contribution is 0.224. The molecule has 0 atom stereocenters. The summed E-state index contributed by atoms with van der Waals surface area (Å²) in [5, 5.41) is 11.7. The normalized spacial score (nSPS) is 15.8. The first-order chi connectivity index (χ1) is 11.4. The third-order valence-corrected chi connectivity index (χ3v) is 4.98. The fraction of sp³-hybridized carbons (Fsp3) is 0.550. The minimum Gasteiger partial charge on any atom is -0.338 e. The van der Waals surface area contributed by atoms with E-state index in [9.17, 15) is 5.26 Å². The van der Waals surface area contributed by atoms with Gasteiger partial charge in [-0.05, 0) is 45.3 Å². The zero-order chi connectivity index (χ0) is 15.9. The van der Waals surface area contributed by atoms with Crippen LogP contribution in [0, 0.1) is 11.3 Å². The molecule has 1 aromatic heterocycles. The summed E-state index contributed by atoms with van der Waals surface area (Å²) in [6.07, 6.45) is 11.4. The van der Waals surface area contributed by atoms with Crippen molar-refractivity contribution in [2.24, 2.45) is 0 Å². The molecule has 0 spiro atoms. The molecule has 23 heavy (non-hydrogen) atoms. The molecule has 1 fully saturated rings. The molecule has 1 saturated heterocycles. The van der Waals surface area contributed by atoms with Gasteiger partial charge in [0.2, 0.25) is 0 Å². The van der Waals surface area contributed by atoms with Gasteiger partial charge >= 0.3 is 0 Å². The van der Waals surface area contributed by atoms with E-state index in [1.54, 1.807) is 0 Å². The summed E-state index contributed by atoms with van der Waals surface area (Å²) in [6.45, 7) is 4.85. The van der Waals surface area contributed by atoms with E-state index in [1.165, 1.54) is 63.5 Å². The highest BCUT2D eigenvalue weighted by Gasteiger charge is 2.09. The van der Waals surface area contributed by atoms with E-state index < -0.39 is 0 Å². The lowest BCUT2D eigenvalue weighted by Gasteiger charge is -2.26. The van der Waals surface area contributed by atoms with Gasteiger partial charge in [-0.15, -0.1) is 0 Å². The maximum atomic E-state index is 9.41. The third kappa shape index (κ3) is 4.14. The molecule has 0 saturated carbocycles. The van der Waals surface area contributed by atoms with Crippen molar-refractivity contribution in [1.82, 2.24) is 9.47 Å². The number of hydrogen-bond acceptors (Lipinski definition) is 2. The van der Waals surface area contributed by atoms with Crippen LogP contribution in [-0.2, 0) is 6.54 Å². The number of benzene rings is 1. The van der Waals surface area contributed by atoms with Gasteiger partial charge in [0.15, 0.2) is 0 Å². The minimum absolute atomic E-state index is 0.814. The number of fused-ring (bicyclic) bond motifs is 1. The van der Waals surface area contributed by atoms with Crippen molar-refractivity contribution in [3.8, 4) is 6.07 Å². The number of rotatable bonds is 7. The number of hydrogen-bond donors (Lipinski definition) is 0. The smallest absolute Gasteiger partial charge is 0.128 e. The fourth-order valence-electron chi connectivity index (χ4n) is 3.67. The molecule has 0 aliphatic carbocycles. The number of nitriles is 1. The molecule has 1 aliphatic rings. The van der Waals surface area contributed by atoms with Gasteiger partial charge in [-0.25, -0.2) is 0 Å². The van der Waals surface area contributed by atoms with Gasteiger partial charge in [0.25, 0.3) is 0 Å². The van der Waals surface area contributed by atoms with Crippen LogP contribution in [0.15, 0.2) is 30.5 Å². The van der Waals surface area contributed by atoms with E-state index in [-0.39, 0.29) is 0 Å². The maximum absolute atomic E-state index is 9.41. The molecular weight excluding hydrogens is 282 g/mol. The van der Waals surface area contributed by atoms with Crippen LogP contribution in [0.5, 0.6) is 0 Å². The number of nitrogens with zero attached hydrogens (tertiary/aromatic N) is 3. The van der Waals surface area contributed by atoms with Crippen LogP contribution < -0.4 is 0 Å². The summed E-state index contributed by atoms with van der Waals surface area (Å²) < 4.78 is 2.13. The van der Waals surface area contributed by atoms with Crippen molar-refractivity contribution in [3.05, 3.63) is 36.2 Å². The number of aryl methyl sites for hydroxylation is 1. The molecule has 122 valence electrons. The maximum Gasteiger partial charge on any atom is 0.128 e. The number of likely N-dealkylation sites (tertiary alicyclic amines) is 1. The van der Waals surface area contributed by atoms with Crippen LogP contribution in [0.4, 0.5) is 0 Å². The average Bonchev–Trinajstić information content (AvgIpc) is 2.96. The van der Waals surface area contributed by atoms with Crippen LogP contribution in [0.2, 0.25) is 0 Å². The van der Waals surface area contributed by atoms with Crippen molar-refractivity contribution >= 4 is 10.8 Å². The number of piperidine rings is 1. The standard InChI is InChI=1S/C20H27N3/c21-16-20-19-11-5-4-10-18(19)17-23(20)15-9-2-1-6-12-22-13-7-3-8-14-22/h4-5,10-11,17H,1-3,6-9,12-15H2. The molecule has 3 nitrogen and oxygen atoms in total. The van der Waals surface area contributed by atoms with Crippen molar-refractivity contribution in [1.29, 1.82) is 5.26 Å². The summed E-state index contributed by atoms with van der Waals surface area (Å²) in [5.74, 6) is 0. The summed E-state index contributed by atoms with van der Waals surface area (Å²) >= 11 is 0. The summed E-state index contributed by atoms with van der Waals surface area (Å²) in [6, 6.07) is 10.5. The summed E-state index contributed by atoms with van der Waals surface area (Å²) in [5.41, 5.74) is 0.814. The van der Waals surface area contributed by atoms with Crippen molar-refractivity contribution in [2.45, 2.75) is 51.5 Å². The van der Waals surface area contributed by atoms with Gasteiger partial charge in [-0.2, -0.15) is 5.26 Å². The Morgan fingerprint density at radius 1 is 0.913 bits per heavy atom. The molecule has 3 heteroatoms. The van der Waals surface area contributed by atoms with Crippen LogP contribution in [-0.4, -0.2) is 29.1 Å². The molecule has 0 N–H and O–H groups in total. The largest absolute Gasteiger partial charge is 0.338 e. The Morgan fingerprint density at radius 3 is 2.43 bits per heavy atom. The molecule has 0 bridgehead atoms. The highest BCUT2D eigenvalue weighted by atomic mass is 15.1. The van der Waals surface area contributed by atoms with Crippen molar-refractivity contribution in [2.75, 3.05) is 19.6 Å². The van der Waals surface area contributed by atoms with Crippen LogP contribution in [0.1, 0.15) is 50.6 Å². The zero-order valence-corrected chi connectivity index (χ0v) is 14.0. The Kier molecular flexibility index (Phi) is 5.71. The molecule has 0 radical (unpaired) electrons. The third-order valence-electron chi connectivity index (χ3n) is 4.98. The highest BCUT2D eigenvalue weighted by molar-refractivity contribution is 5.87. The van der Waals surface area contributed by atoms with Crippen LogP contribution >= 0.6 is 0 Å². The first-order valence-corrected chi connectivity index (χ1v) is 9.09. The summed E-state index contributed by atoms with van der Waals surface area (Å²) in [4.78, 5) is 2.62. The highest BCUT2D eigenvalue weighted by Crippen LogP contribution is 2.21. The Morgan fingerprint density at radius 2 is 1.65 bits per heavy atom. The van der Waals surface area contributed by atoms with Crippen molar-refractivity contribution in [3.63, 3.8) is 0 Å². The van der Waals surface area contributed by atoms with Gasteiger partial charge < -0.3 is 9.47 Å². The van der Waals surface area contributed by atoms with Gasteiger partial charge in [-0.3, -0.25) is 0 Å². The molecule has 2 aromatic rings. The lowest BCUT2D eigenvalue weighted by Crippen LogP contribution is -2.30. The fourth-order valence-corrected chi connectivity index (χ4v) is 3.67. The predicted molar refractivity (Wildman–Crippen MR) is 95.4 cm³/mol. The van der Waals surface area contributed by atoms with Gasteiger partial charge in [-0.1, -0.05) is 43.5 Å². The van der Waals surface area contributed by atoms with E-state index >= 15 is 0 Å². The number of unbranched alkanes of at least 4 members (excludes halogenated alkanes) is 3. The Hall–Kier alpha value is -1.79. The van der Waals surface area contributed by atoms with Gasteiger partial charge in [0.05, 0.1) is 0 Å². The Balaban J connectivity index is 1.41. The molecule has 0 unspecified atom stereocenters. The van der Waals surface area contributed by atoms with E-state index in [0.717, 1.165) is 24.0 Å². The lowest BCUT2D eigenvalue weighted by atomic mass is 10.1. The first kappa shape index (κ1) is 16.1. The van der Waals surface area contributed by atoms with E-state index in [0.29, 0.717) is 0 Å². The quantitative estimate of drug-likeness (QED) is 0.702. The second-order valence-corrected chi connectivity index (χ2v) is 6.69. The molecule has 1 aromatic carbocycles. The Bertz CT molecular complexity index is 659. The van der Waals surface area contributed by atoms with Gasteiger partial charge in [0, 0.05) is 23.5 Å². The van der Waals surface area contributed by atoms with Crippen LogP contribution in [0.3, 0.4) is 0 Å². The predicted octanol–water partition coefficient (Wildman–Crippen LogP) is 4.56. The topological polar surface area (TPSA) is 32.0 Å². The van der Waals surface area contributed by atoms with Crippen LogP contribution in [0.25, 0.3) is 10.8 Å². The first-order valence-electron chi connectivity index (χ1n) is 9.09. The second-order valence-electron chi connectivity index (χ2n) is 6.69. The molecule has 2 heterocycles. The SMILES string of the molecule is N#Cc1c2ccccc2cn1CCCCCCN1CCCCC1. The van der Waals surface area contributed by atoms with E-state index in [1.807, 2.05) is 18.2 Å². The molecule has 1 aliphatic heterocycles. The van der Waals surface area contributed by atoms with Crippen molar-refractivity contribution < 1.29 is 0 Å².